The first-order valence-corrected chi connectivity index (χ1v) is 13.9. The van der Waals surface area contributed by atoms with Crippen molar-refractivity contribution in [1.82, 2.24) is 9.88 Å². The van der Waals surface area contributed by atoms with Gasteiger partial charge in [-0.15, -0.1) is 0 Å². The van der Waals surface area contributed by atoms with Gasteiger partial charge in [0.15, 0.2) is 23.4 Å². The van der Waals surface area contributed by atoms with Crippen molar-refractivity contribution in [3.63, 3.8) is 0 Å². The van der Waals surface area contributed by atoms with E-state index >= 15 is 0 Å². The first kappa shape index (κ1) is 21.5. The van der Waals surface area contributed by atoms with E-state index in [-0.39, 0.29) is 17.9 Å². The van der Waals surface area contributed by atoms with Crippen LogP contribution in [0.1, 0.15) is 47.8 Å². The standard InChI is InChI=1S/C32H30N2O4/c35-23-12-11-19-15-25-32(36)16-22-21-7-4-8-24(37-20-5-2-1-3-6-20)27(21)33-28(22)30-31(32,26(19)29(23)38-30)13-14-34(25)17-18-9-10-18/h1-8,11-12,18,25,30,33,35-36H,9-10,13-17H2/t25-,30-,31-,32+/m0/s1. The molecule has 3 aromatic carbocycles. The summed E-state index contributed by atoms with van der Waals surface area (Å²) in [6, 6.07) is 19.8. The summed E-state index contributed by atoms with van der Waals surface area (Å²) in [5, 5.41) is 25.0. The molecule has 0 amide bonds. The number of nitrogens with one attached hydrogen (secondary N) is 1. The highest BCUT2D eigenvalue weighted by molar-refractivity contribution is 5.91. The lowest BCUT2D eigenvalue weighted by atomic mass is 9.49. The second-order valence-electron chi connectivity index (χ2n) is 12.0. The number of aromatic hydroxyl groups is 1. The topological polar surface area (TPSA) is 78.0 Å². The number of piperidine rings is 1. The van der Waals surface area contributed by atoms with Crippen LogP contribution in [0.4, 0.5) is 0 Å². The summed E-state index contributed by atoms with van der Waals surface area (Å²) in [6.07, 6.45) is 4.35. The van der Waals surface area contributed by atoms with Crippen LogP contribution in [-0.4, -0.2) is 44.8 Å². The fourth-order valence-corrected chi connectivity index (χ4v) is 8.32. The van der Waals surface area contributed by atoms with Crippen molar-refractivity contribution in [1.29, 1.82) is 0 Å². The monoisotopic (exact) mass is 506 g/mol. The Labute approximate surface area is 220 Å². The second-order valence-corrected chi connectivity index (χ2v) is 12.0. The first-order chi connectivity index (χ1) is 18.6. The fourth-order valence-electron chi connectivity index (χ4n) is 8.32. The van der Waals surface area contributed by atoms with Gasteiger partial charge >= 0.3 is 0 Å². The molecule has 192 valence electrons. The van der Waals surface area contributed by atoms with E-state index in [4.69, 9.17) is 9.47 Å². The second kappa shape index (κ2) is 7.13. The lowest BCUT2D eigenvalue weighted by molar-refractivity contribution is -0.173. The minimum absolute atomic E-state index is 0.0211. The first-order valence-electron chi connectivity index (χ1n) is 13.9. The number of aliphatic hydroxyl groups is 1. The highest BCUT2D eigenvalue weighted by atomic mass is 16.5. The van der Waals surface area contributed by atoms with E-state index < -0.39 is 11.0 Å². The number of ether oxygens (including phenoxy) is 2. The third-order valence-corrected chi connectivity index (χ3v) is 10.1. The van der Waals surface area contributed by atoms with Crippen molar-refractivity contribution in [3.8, 4) is 23.0 Å². The van der Waals surface area contributed by atoms with E-state index in [9.17, 15) is 10.2 Å². The van der Waals surface area contributed by atoms with Crippen LogP contribution in [0.25, 0.3) is 10.9 Å². The third kappa shape index (κ3) is 2.55. The molecule has 1 aromatic heterocycles. The van der Waals surface area contributed by atoms with E-state index in [1.54, 1.807) is 6.07 Å². The largest absolute Gasteiger partial charge is 0.504 e. The molecule has 6 heteroatoms. The molecule has 1 saturated carbocycles. The smallest absolute Gasteiger partial charge is 0.166 e. The Hall–Kier alpha value is -3.48. The Morgan fingerprint density at radius 1 is 1.05 bits per heavy atom. The number of nitrogens with zero attached hydrogens (tertiary/aromatic N) is 1. The number of aromatic nitrogens is 1. The van der Waals surface area contributed by atoms with Crippen LogP contribution >= 0.6 is 0 Å². The van der Waals surface area contributed by atoms with Crippen LogP contribution in [0.2, 0.25) is 0 Å². The van der Waals surface area contributed by atoms with Gasteiger partial charge in [0.05, 0.1) is 22.2 Å². The van der Waals surface area contributed by atoms with Crippen molar-refractivity contribution in [2.75, 3.05) is 13.1 Å². The Morgan fingerprint density at radius 2 is 1.92 bits per heavy atom. The molecule has 0 radical (unpaired) electrons. The molecule has 3 heterocycles. The molecule has 5 aliphatic rings. The van der Waals surface area contributed by atoms with E-state index in [1.165, 1.54) is 18.4 Å². The zero-order valence-corrected chi connectivity index (χ0v) is 21.1. The molecule has 6 nitrogen and oxygen atoms in total. The molecular weight excluding hydrogens is 476 g/mol. The van der Waals surface area contributed by atoms with Crippen LogP contribution in [0.15, 0.2) is 60.7 Å². The van der Waals surface area contributed by atoms with Crippen molar-refractivity contribution in [2.24, 2.45) is 5.92 Å². The fraction of sp³-hybridized carbons (Fsp3) is 0.375. The van der Waals surface area contributed by atoms with Gasteiger partial charge in [-0.3, -0.25) is 4.90 Å². The predicted molar refractivity (Wildman–Crippen MR) is 143 cm³/mol. The number of likely N-dealkylation sites (tertiary alicyclic amines) is 1. The molecule has 3 N–H and O–H groups in total. The average Bonchev–Trinajstić information content (AvgIpc) is 3.55. The molecular formula is C32H30N2O4. The summed E-state index contributed by atoms with van der Waals surface area (Å²) >= 11 is 0. The number of aromatic amines is 1. The van der Waals surface area contributed by atoms with Crippen LogP contribution in [0.3, 0.4) is 0 Å². The summed E-state index contributed by atoms with van der Waals surface area (Å²) in [7, 11) is 0. The van der Waals surface area contributed by atoms with E-state index in [1.807, 2.05) is 42.5 Å². The Kier molecular flexibility index (Phi) is 4.02. The number of fused-ring (bicyclic) bond motifs is 4. The molecule has 4 atom stereocenters. The molecule has 4 aromatic rings. The van der Waals surface area contributed by atoms with Gasteiger partial charge in [0.1, 0.15) is 5.75 Å². The minimum Gasteiger partial charge on any atom is -0.504 e. The van der Waals surface area contributed by atoms with Crippen molar-refractivity contribution in [3.05, 3.63) is 83.0 Å². The van der Waals surface area contributed by atoms with Crippen molar-refractivity contribution in [2.45, 2.75) is 55.3 Å². The van der Waals surface area contributed by atoms with Gasteiger partial charge in [-0.1, -0.05) is 36.4 Å². The Morgan fingerprint density at radius 3 is 2.76 bits per heavy atom. The molecule has 9 rings (SSSR count). The highest BCUT2D eigenvalue weighted by Crippen LogP contribution is 2.69. The molecule has 1 saturated heterocycles. The summed E-state index contributed by atoms with van der Waals surface area (Å²) in [5.41, 5.74) is 3.71. The molecule has 2 bridgehead atoms. The zero-order valence-electron chi connectivity index (χ0n) is 21.1. The SMILES string of the molecule is Oc1ccc2c3c1O[C@H]1c4[nH]c5c(Oc6ccccc6)cccc5c4C[C@@]4(O)[C@H](C2)N(CC2CC2)CC[C@]314. The maximum Gasteiger partial charge on any atom is 0.166 e. The molecule has 38 heavy (non-hydrogen) atoms. The van der Waals surface area contributed by atoms with Gasteiger partial charge in [-0.05, 0) is 73.5 Å². The molecule has 0 unspecified atom stereocenters. The number of benzene rings is 3. The van der Waals surface area contributed by atoms with E-state index in [0.717, 1.165) is 71.1 Å². The van der Waals surface area contributed by atoms with Crippen molar-refractivity contribution >= 4 is 10.9 Å². The number of H-pyrrole nitrogens is 1. The van der Waals surface area contributed by atoms with Gasteiger partial charge in [0.2, 0.25) is 0 Å². The van der Waals surface area contributed by atoms with Crippen LogP contribution in [0, 0.1) is 5.92 Å². The summed E-state index contributed by atoms with van der Waals surface area (Å²) in [5.74, 6) is 3.02. The van der Waals surface area contributed by atoms with Crippen molar-refractivity contribution < 1.29 is 19.7 Å². The molecule has 2 aliphatic heterocycles. The predicted octanol–water partition coefficient (Wildman–Crippen LogP) is 5.36. The Balaban J connectivity index is 1.26. The summed E-state index contributed by atoms with van der Waals surface area (Å²) in [4.78, 5) is 6.27. The number of rotatable bonds is 4. The lowest BCUT2D eigenvalue weighted by Crippen LogP contribution is -2.74. The van der Waals surface area contributed by atoms with Crippen LogP contribution in [-0.2, 0) is 18.3 Å². The highest BCUT2D eigenvalue weighted by Gasteiger charge is 2.72. The normalized spacial score (nSPS) is 30.6. The lowest BCUT2D eigenvalue weighted by Gasteiger charge is -2.62. The van der Waals surface area contributed by atoms with Crippen LogP contribution in [0.5, 0.6) is 23.0 Å². The molecule has 2 fully saturated rings. The van der Waals surface area contributed by atoms with Gasteiger partial charge in [0, 0.05) is 30.0 Å². The minimum atomic E-state index is -0.991. The van der Waals surface area contributed by atoms with E-state index in [0.29, 0.717) is 12.2 Å². The van der Waals surface area contributed by atoms with Crippen LogP contribution < -0.4 is 9.47 Å². The molecule has 3 aliphatic carbocycles. The van der Waals surface area contributed by atoms with E-state index in [2.05, 4.69) is 22.0 Å². The number of para-hydroxylation sites is 2. The number of phenols is 1. The number of hydrogen-bond acceptors (Lipinski definition) is 5. The summed E-state index contributed by atoms with van der Waals surface area (Å²) in [6.45, 7) is 2.00. The number of phenolic OH excluding ortho intramolecular Hbond substituents is 1. The zero-order chi connectivity index (χ0) is 25.2. The quantitative estimate of drug-likeness (QED) is 0.347. The maximum atomic E-state index is 13.0. The van der Waals surface area contributed by atoms with Gasteiger partial charge in [0.25, 0.3) is 0 Å². The summed E-state index contributed by atoms with van der Waals surface area (Å²) < 4.78 is 13.0. The third-order valence-electron chi connectivity index (χ3n) is 10.1. The number of hydrogen-bond donors (Lipinski definition) is 3. The molecule has 1 spiro atoms. The van der Waals surface area contributed by atoms with Gasteiger partial charge in [-0.2, -0.15) is 0 Å². The average molecular weight is 507 g/mol. The maximum absolute atomic E-state index is 13.0. The Bertz CT molecular complexity index is 1630. The van der Waals surface area contributed by atoms with Gasteiger partial charge in [-0.25, -0.2) is 0 Å². The van der Waals surface area contributed by atoms with Gasteiger partial charge < -0.3 is 24.7 Å².